The molecule has 2 heterocycles. The molecule has 0 saturated carbocycles. The Hall–Kier alpha value is -3.93. The van der Waals surface area contributed by atoms with E-state index < -0.39 is 0 Å². The van der Waals surface area contributed by atoms with E-state index in [9.17, 15) is 4.79 Å². The molecule has 0 bridgehead atoms. The normalized spacial score (nSPS) is 14.2. The summed E-state index contributed by atoms with van der Waals surface area (Å²) in [5, 5.41) is 0. The van der Waals surface area contributed by atoms with Gasteiger partial charge in [-0.3, -0.25) is 9.78 Å². The molecule has 0 atom stereocenters. The molecule has 3 aromatic rings. The molecule has 0 N–H and O–H groups in total. The minimum absolute atomic E-state index is 0.114. The molecule has 0 aliphatic carbocycles. The Labute approximate surface area is 195 Å². The lowest BCUT2D eigenvalue weighted by molar-refractivity contribution is -0.131. The van der Waals surface area contributed by atoms with Gasteiger partial charge in [-0.05, 0) is 22.8 Å². The summed E-state index contributed by atoms with van der Waals surface area (Å²) in [6, 6.07) is 20.2. The predicted molar refractivity (Wildman–Crippen MR) is 133 cm³/mol. The summed E-state index contributed by atoms with van der Waals surface area (Å²) in [6.07, 6.45) is 7.19. The lowest BCUT2D eigenvalue weighted by Crippen LogP contribution is -2.51. The number of hydrogen-bond donors (Lipinski definition) is 0. The largest absolute Gasteiger partial charge is 0.365 e. The molecule has 0 radical (unpaired) electrons. The first-order valence-corrected chi connectivity index (χ1v) is 11.1. The van der Waals surface area contributed by atoms with E-state index in [0.29, 0.717) is 19.6 Å². The maximum atomic E-state index is 13.1. The average molecular weight is 440 g/mol. The summed E-state index contributed by atoms with van der Waals surface area (Å²) >= 11 is 0. The Bertz CT molecular complexity index is 1090. The van der Waals surface area contributed by atoms with Gasteiger partial charge in [0.15, 0.2) is 0 Å². The number of rotatable bonds is 7. The molecule has 168 valence electrons. The lowest BCUT2D eigenvalue weighted by atomic mass is 10.0. The molecule has 1 aliphatic heterocycles. The van der Waals surface area contributed by atoms with Gasteiger partial charge in [0.05, 0.1) is 12.7 Å². The van der Waals surface area contributed by atoms with Gasteiger partial charge in [-0.25, -0.2) is 4.98 Å². The van der Waals surface area contributed by atoms with E-state index in [1.54, 1.807) is 18.6 Å². The summed E-state index contributed by atoms with van der Waals surface area (Å²) in [5.41, 5.74) is 3.99. The Morgan fingerprint density at radius 2 is 1.61 bits per heavy atom. The third-order valence-corrected chi connectivity index (χ3v) is 5.81. The minimum Gasteiger partial charge on any atom is -0.365 e. The van der Waals surface area contributed by atoms with E-state index in [1.165, 1.54) is 0 Å². The van der Waals surface area contributed by atoms with Gasteiger partial charge in [0, 0.05) is 51.3 Å². The van der Waals surface area contributed by atoms with Crippen LogP contribution in [0.15, 0.2) is 91.9 Å². The van der Waals surface area contributed by atoms with Crippen molar-refractivity contribution in [3.05, 3.63) is 103 Å². The van der Waals surface area contributed by atoms with Gasteiger partial charge in [-0.2, -0.15) is 0 Å². The van der Waals surface area contributed by atoms with E-state index >= 15 is 0 Å². The van der Waals surface area contributed by atoms with Gasteiger partial charge < -0.3 is 14.7 Å². The fourth-order valence-electron chi connectivity index (χ4n) is 3.95. The van der Waals surface area contributed by atoms with Crippen molar-refractivity contribution in [1.82, 2.24) is 19.8 Å². The number of aromatic nitrogens is 2. The molecule has 1 fully saturated rings. The van der Waals surface area contributed by atoms with E-state index in [1.807, 2.05) is 65.4 Å². The van der Waals surface area contributed by atoms with Crippen LogP contribution in [0.1, 0.15) is 11.1 Å². The second kappa shape index (κ2) is 10.6. The van der Waals surface area contributed by atoms with Crippen molar-refractivity contribution in [2.75, 3.05) is 44.7 Å². The monoisotopic (exact) mass is 439 g/mol. The molecule has 0 unspecified atom stereocenters. The zero-order valence-electron chi connectivity index (χ0n) is 19.0. The number of carbonyl (C=O) groups is 1. The van der Waals surface area contributed by atoms with Gasteiger partial charge in [0.2, 0.25) is 5.91 Å². The number of hydrogen-bond acceptors (Lipinski definition) is 5. The zero-order valence-corrected chi connectivity index (χ0v) is 19.0. The van der Waals surface area contributed by atoms with E-state index in [2.05, 4.69) is 39.7 Å². The van der Waals surface area contributed by atoms with Crippen LogP contribution in [-0.4, -0.2) is 65.4 Å². The molecule has 1 saturated heterocycles. The minimum atomic E-state index is 0.114. The first-order valence-electron chi connectivity index (χ1n) is 11.1. The second-order valence-electron chi connectivity index (χ2n) is 8.07. The van der Waals surface area contributed by atoms with Crippen LogP contribution in [0.2, 0.25) is 0 Å². The summed E-state index contributed by atoms with van der Waals surface area (Å²) in [4.78, 5) is 27.7. The maximum Gasteiger partial charge on any atom is 0.242 e. The van der Waals surface area contributed by atoms with Crippen LogP contribution >= 0.6 is 0 Å². The van der Waals surface area contributed by atoms with Gasteiger partial charge in [0.1, 0.15) is 5.82 Å². The number of carbonyl (C=O) groups excluding carboxylic acids is 1. The molecule has 1 aliphatic rings. The highest BCUT2D eigenvalue weighted by molar-refractivity contribution is 5.85. The van der Waals surface area contributed by atoms with Crippen molar-refractivity contribution in [2.45, 2.75) is 0 Å². The first kappa shape index (κ1) is 22.3. The van der Waals surface area contributed by atoms with Crippen LogP contribution in [-0.2, 0) is 4.79 Å². The standard InChI is InChI=1S/C27H29N5O/c1-22(23-9-5-3-6-10-23)19-25(24-11-7-4-8-12-24)30(2)21-27(33)32-17-15-31(16-18-32)26-20-28-13-14-29-26/h3-14,19-20H,1,15-18,21H2,2H3/b25-19-. The Morgan fingerprint density at radius 3 is 2.21 bits per heavy atom. The summed E-state index contributed by atoms with van der Waals surface area (Å²) in [6.45, 7) is 7.41. The molecule has 2 aromatic carbocycles. The van der Waals surface area contributed by atoms with Crippen molar-refractivity contribution in [3.8, 4) is 0 Å². The van der Waals surface area contributed by atoms with Gasteiger partial charge >= 0.3 is 0 Å². The van der Waals surface area contributed by atoms with Crippen LogP contribution in [0, 0.1) is 0 Å². The quantitative estimate of drug-likeness (QED) is 0.524. The van der Waals surface area contributed by atoms with Gasteiger partial charge in [-0.1, -0.05) is 67.2 Å². The molecule has 6 nitrogen and oxygen atoms in total. The highest BCUT2D eigenvalue weighted by Gasteiger charge is 2.23. The Morgan fingerprint density at radius 1 is 0.970 bits per heavy atom. The number of allylic oxidation sites excluding steroid dienone is 2. The summed E-state index contributed by atoms with van der Waals surface area (Å²) < 4.78 is 0. The van der Waals surface area contributed by atoms with E-state index in [0.717, 1.165) is 41.3 Å². The third kappa shape index (κ3) is 5.66. The Kier molecular flexibility index (Phi) is 7.15. The first-order chi connectivity index (χ1) is 16.1. The highest BCUT2D eigenvalue weighted by Crippen LogP contribution is 2.24. The maximum absolute atomic E-state index is 13.1. The molecule has 1 amide bonds. The zero-order chi connectivity index (χ0) is 23.0. The van der Waals surface area contributed by atoms with Crippen LogP contribution < -0.4 is 4.90 Å². The number of anilines is 1. The lowest BCUT2D eigenvalue weighted by Gasteiger charge is -2.36. The molecule has 6 heteroatoms. The predicted octanol–water partition coefficient (Wildman–Crippen LogP) is 3.81. The van der Waals surface area contributed by atoms with Crippen molar-refractivity contribution in [1.29, 1.82) is 0 Å². The molecule has 33 heavy (non-hydrogen) atoms. The molecule has 4 rings (SSSR count). The van der Waals surface area contributed by atoms with Crippen molar-refractivity contribution in [3.63, 3.8) is 0 Å². The molecule has 0 spiro atoms. The SMILES string of the molecule is C=C(/C=C(/c1ccccc1)N(C)CC(=O)N1CCN(c2cnccn2)CC1)c1ccccc1. The molecular formula is C27H29N5O. The molecular weight excluding hydrogens is 410 g/mol. The third-order valence-electron chi connectivity index (χ3n) is 5.81. The Balaban J connectivity index is 1.45. The van der Waals surface area contributed by atoms with Crippen molar-refractivity contribution >= 4 is 23.0 Å². The highest BCUT2D eigenvalue weighted by atomic mass is 16.2. The fraction of sp³-hybridized carbons (Fsp3) is 0.222. The van der Waals surface area contributed by atoms with Crippen LogP contribution in [0.4, 0.5) is 5.82 Å². The summed E-state index contributed by atoms with van der Waals surface area (Å²) in [5.74, 6) is 0.971. The smallest absolute Gasteiger partial charge is 0.242 e. The number of nitrogens with zero attached hydrogens (tertiary/aromatic N) is 5. The van der Waals surface area contributed by atoms with Crippen LogP contribution in [0.3, 0.4) is 0 Å². The fourth-order valence-corrected chi connectivity index (χ4v) is 3.95. The molecule has 1 aromatic heterocycles. The summed E-state index contributed by atoms with van der Waals surface area (Å²) in [7, 11) is 1.96. The van der Waals surface area contributed by atoms with Gasteiger partial charge in [-0.15, -0.1) is 0 Å². The van der Waals surface area contributed by atoms with Crippen LogP contribution in [0.25, 0.3) is 11.3 Å². The number of likely N-dealkylation sites (N-methyl/N-ethyl adjacent to an activating group) is 1. The second-order valence-corrected chi connectivity index (χ2v) is 8.07. The average Bonchev–Trinajstić information content (AvgIpc) is 2.88. The van der Waals surface area contributed by atoms with Gasteiger partial charge in [0.25, 0.3) is 0 Å². The van der Waals surface area contributed by atoms with E-state index in [-0.39, 0.29) is 5.91 Å². The van der Waals surface area contributed by atoms with Crippen molar-refractivity contribution in [2.24, 2.45) is 0 Å². The number of benzene rings is 2. The van der Waals surface area contributed by atoms with Crippen LogP contribution in [0.5, 0.6) is 0 Å². The number of amides is 1. The van der Waals surface area contributed by atoms with E-state index in [4.69, 9.17) is 0 Å². The van der Waals surface area contributed by atoms with Crippen molar-refractivity contribution < 1.29 is 4.79 Å². The number of piperazine rings is 1. The topological polar surface area (TPSA) is 52.6 Å².